The summed E-state index contributed by atoms with van der Waals surface area (Å²) in [6.45, 7) is 0. The fourth-order valence-electron chi connectivity index (χ4n) is 6.71. The van der Waals surface area contributed by atoms with Crippen LogP contribution in [0.3, 0.4) is 0 Å². The van der Waals surface area contributed by atoms with Crippen molar-refractivity contribution in [3.8, 4) is 33.4 Å². The molecule has 9 aromatic rings. The molecule has 0 aliphatic heterocycles. The predicted octanol–water partition coefficient (Wildman–Crippen LogP) is 10.7. The minimum Gasteiger partial charge on any atom is -0.256 e. The van der Waals surface area contributed by atoms with E-state index >= 15 is 0 Å². The van der Waals surface area contributed by atoms with Gasteiger partial charge >= 0.3 is 0 Å². The molecule has 0 spiro atoms. The Kier molecular flexibility index (Phi) is 4.93. The summed E-state index contributed by atoms with van der Waals surface area (Å²) in [5.74, 6) is 0. The number of hydrogen-bond acceptors (Lipinski definition) is 2. The number of pyridine rings is 2. The fraction of sp³-hybridized carbons (Fsp3) is 0. The average Bonchev–Trinajstić information content (AvgIpc) is 3.06. The molecule has 9 rings (SSSR count). The van der Waals surface area contributed by atoms with Gasteiger partial charge < -0.3 is 0 Å². The van der Waals surface area contributed by atoms with Crippen LogP contribution in [0.25, 0.3) is 87.5 Å². The van der Waals surface area contributed by atoms with Gasteiger partial charge in [0.05, 0.1) is 11.0 Å². The lowest BCUT2D eigenvalue weighted by Crippen LogP contribution is -1.90. The van der Waals surface area contributed by atoms with Crippen LogP contribution in [0.2, 0.25) is 0 Å². The maximum absolute atomic E-state index is 4.76. The number of benzene rings is 7. The fourth-order valence-corrected chi connectivity index (χ4v) is 6.71. The largest absolute Gasteiger partial charge is 0.256 e. The van der Waals surface area contributed by atoms with E-state index in [0.29, 0.717) is 0 Å². The molecule has 7 aromatic carbocycles. The quantitative estimate of drug-likeness (QED) is 0.212. The van der Waals surface area contributed by atoms with Gasteiger partial charge in [0.25, 0.3) is 0 Å². The summed E-state index contributed by atoms with van der Waals surface area (Å²) in [4.78, 5) is 9.30. The lowest BCUT2D eigenvalue weighted by molar-refractivity contribution is 1.41. The number of rotatable bonds is 3. The van der Waals surface area contributed by atoms with Gasteiger partial charge in [-0.25, -0.2) is 0 Å². The van der Waals surface area contributed by atoms with Gasteiger partial charge in [-0.3, -0.25) is 9.97 Å². The van der Waals surface area contributed by atoms with Gasteiger partial charge in [-0.1, -0.05) is 109 Å². The molecule has 0 aliphatic carbocycles. The van der Waals surface area contributed by atoms with E-state index in [9.17, 15) is 0 Å². The van der Waals surface area contributed by atoms with Crippen molar-refractivity contribution in [3.05, 3.63) is 146 Å². The van der Waals surface area contributed by atoms with E-state index < -0.39 is 0 Å². The van der Waals surface area contributed by atoms with E-state index in [1.165, 1.54) is 65.5 Å². The molecule has 0 saturated carbocycles. The minimum absolute atomic E-state index is 1.02. The third-order valence-electron chi connectivity index (χ3n) is 8.72. The van der Waals surface area contributed by atoms with E-state index in [-0.39, 0.29) is 0 Å². The molecule has 0 amide bonds. The minimum atomic E-state index is 1.02. The zero-order valence-corrected chi connectivity index (χ0v) is 22.8. The second-order valence-electron chi connectivity index (χ2n) is 11.0. The number of nitrogens with zero attached hydrogens (tertiary/aromatic N) is 2. The first-order valence-electron chi connectivity index (χ1n) is 14.3. The highest BCUT2D eigenvalue weighted by molar-refractivity contribution is 6.27. The summed E-state index contributed by atoms with van der Waals surface area (Å²) in [6.07, 6.45) is 3.86. The molecule has 2 nitrogen and oxygen atoms in total. The molecule has 42 heavy (non-hydrogen) atoms. The number of aromatic nitrogens is 2. The Morgan fingerprint density at radius 1 is 0.357 bits per heavy atom. The molecule has 0 atom stereocenters. The average molecular weight is 533 g/mol. The lowest BCUT2D eigenvalue weighted by atomic mass is 9.87. The number of para-hydroxylation sites is 1. The second-order valence-corrected chi connectivity index (χ2v) is 11.0. The van der Waals surface area contributed by atoms with Gasteiger partial charge in [-0.05, 0) is 84.4 Å². The number of fused-ring (bicyclic) bond motifs is 2. The van der Waals surface area contributed by atoms with E-state index in [4.69, 9.17) is 4.98 Å². The van der Waals surface area contributed by atoms with Gasteiger partial charge in [0.2, 0.25) is 0 Å². The van der Waals surface area contributed by atoms with Crippen molar-refractivity contribution in [3.63, 3.8) is 0 Å². The predicted molar refractivity (Wildman–Crippen MR) is 177 cm³/mol. The molecule has 0 radical (unpaired) electrons. The molecule has 0 fully saturated rings. The summed E-state index contributed by atoms with van der Waals surface area (Å²) in [7, 11) is 0. The summed E-state index contributed by atoms with van der Waals surface area (Å²) < 4.78 is 0. The van der Waals surface area contributed by atoms with Crippen molar-refractivity contribution >= 4 is 54.1 Å². The van der Waals surface area contributed by atoms with Crippen molar-refractivity contribution in [1.82, 2.24) is 9.97 Å². The molecular formula is C40H24N2. The zero-order chi connectivity index (χ0) is 27.6. The van der Waals surface area contributed by atoms with Gasteiger partial charge in [-0.15, -0.1) is 0 Å². The van der Waals surface area contributed by atoms with Gasteiger partial charge in [0.1, 0.15) is 0 Å². The molecule has 0 aliphatic rings. The van der Waals surface area contributed by atoms with E-state index in [1.807, 2.05) is 24.5 Å². The summed E-state index contributed by atoms with van der Waals surface area (Å²) in [5.41, 5.74) is 9.27. The first kappa shape index (κ1) is 23.1. The van der Waals surface area contributed by atoms with Crippen LogP contribution in [0.1, 0.15) is 0 Å². The van der Waals surface area contributed by atoms with Crippen molar-refractivity contribution in [1.29, 1.82) is 0 Å². The Balaban J connectivity index is 1.22. The molecule has 194 valence electrons. The van der Waals surface area contributed by atoms with Gasteiger partial charge in [-0.2, -0.15) is 0 Å². The molecular weight excluding hydrogens is 508 g/mol. The zero-order valence-electron chi connectivity index (χ0n) is 22.8. The molecule has 2 aromatic heterocycles. The molecule has 0 bridgehead atoms. The highest BCUT2D eigenvalue weighted by atomic mass is 14.7. The Bertz CT molecular complexity index is 2450. The Morgan fingerprint density at radius 3 is 1.71 bits per heavy atom. The van der Waals surface area contributed by atoms with E-state index in [2.05, 4.69) is 126 Å². The maximum atomic E-state index is 4.76. The van der Waals surface area contributed by atoms with E-state index in [1.54, 1.807) is 0 Å². The topological polar surface area (TPSA) is 25.8 Å². The molecule has 0 saturated heterocycles. The van der Waals surface area contributed by atoms with E-state index in [0.717, 1.165) is 22.0 Å². The summed E-state index contributed by atoms with van der Waals surface area (Å²) >= 11 is 0. The van der Waals surface area contributed by atoms with Crippen LogP contribution in [-0.2, 0) is 0 Å². The second kappa shape index (κ2) is 8.95. The van der Waals surface area contributed by atoms with Crippen molar-refractivity contribution in [2.75, 3.05) is 0 Å². The molecule has 0 unspecified atom stereocenters. The van der Waals surface area contributed by atoms with Crippen LogP contribution >= 0.6 is 0 Å². The number of hydrogen-bond donors (Lipinski definition) is 0. The SMILES string of the molecule is c1ccc2ncc(-c3ccc4ccc5c(-c6ccc(-c7cccc8ncccc78)cc6)ccc6ccc3c4c65)cc2c1. The van der Waals surface area contributed by atoms with Crippen LogP contribution in [0, 0.1) is 0 Å². The van der Waals surface area contributed by atoms with Crippen LogP contribution in [0.15, 0.2) is 146 Å². The summed E-state index contributed by atoms with van der Waals surface area (Å²) in [5, 5.41) is 10.0. The molecule has 0 N–H and O–H groups in total. The molecule has 2 heteroatoms. The van der Waals surface area contributed by atoms with Crippen molar-refractivity contribution in [2.24, 2.45) is 0 Å². The van der Waals surface area contributed by atoms with Crippen LogP contribution in [-0.4, -0.2) is 9.97 Å². The first-order chi connectivity index (χ1) is 20.8. The maximum Gasteiger partial charge on any atom is 0.0708 e. The highest BCUT2D eigenvalue weighted by Crippen LogP contribution is 2.42. The first-order valence-corrected chi connectivity index (χ1v) is 14.3. The smallest absolute Gasteiger partial charge is 0.0708 e. The third kappa shape index (κ3) is 3.45. The van der Waals surface area contributed by atoms with Crippen LogP contribution < -0.4 is 0 Å². The van der Waals surface area contributed by atoms with Gasteiger partial charge in [0.15, 0.2) is 0 Å². The standard InChI is InChI=1S/C40H24N2/c1-2-8-37-29(5-1)23-30(24-42-37)33-19-15-28-16-20-35-32(18-14-27-17-21-36(33)40(28)39(27)35)26-12-10-25(11-13-26)31-6-3-9-38-34(31)7-4-22-41-38/h1-24H. The Morgan fingerprint density at radius 2 is 0.976 bits per heavy atom. The lowest BCUT2D eigenvalue weighted by Gasteiger charge is -2.17. The normalized spacial score (nSPS) is 11.8. The third-order valence-corrected chi connectivity index (χ3v) is 8.72. The van der Waals surface area contributed by atoms with Crippen molar-refractivity contribution < 1.29 is 0 Å². The van der Waals surface area contributed by atoms with Crippen LogP contribution in [0.4, 0.5) is 0 Å². The van der Waals surface area contributed by atoms with Gasteiger partial charge in [0, 0.05) is 28.7 Å². The van der Waals surface area contributed by atoms with Crippen molar-refractivity contribution in [2.45, 2.75) is 0 Å². The summed E-state index contributed by atoms with van der Waals surface area (Å²) in [6, 6.07) is 48.2. The van der Waals surface area contributed by atoms with Crippen LogP contribution in [0.5, 0.6) is 0 Å². The highest BCUT2D eigenvalue weighted by Gasteiger charge is 2.15. The molecule has 2 heterocycles. The Labute approximate surface area is 242 Å². The monoisotopic (exact) mass is 532 g/mol. The Hall–Kier alpha value is -5.60.